The zero-order chi connectivity index (χ0) is 13.5. The highest BCUT2D eigenvalue weighted by Crippen LogP contribution is 2.13. The molecule has 2 N–H and O–H groups in total. The Bertz CT molecular complexity index is 437. The van der Waals surface area contributed by atoms with E-state index in [9.17, 15) is 9.59 Å². The number of carbonyl (C=O) groups is 2. The van der Waals surface area contributed by atoms with E-state index in [1.165, 1.54) is 6.20 Å². The predicted molar refractivity (Wildman–Crippen MR) is 70.3 cm³/mol. The van der Waals surface area contributed by atoms with Gasteiger partial charge in [0.15, 0.2) is 0 Å². The van der Waals surface area contributed by atoms with Gasteiger partial charge in [-0.25, -0.2) is 4.98 Å². The molecule has 0 spiro atoms. The van der Waals surface area contributed by atoms with E-state index in [0.717, 1.165) is 6.42 Å². The first-order valence-corrected chi connectivity index (χ1v) is 6.47. The van der Waals surface area contributed by atoms with Gasteiger partial charge in [0.1, 0.15) is 5.69 Å². The summed E-state index contributed by atoms with van der Waals surface area (Å²) in [7, 11) is 0. The monoisotopic (exact) mass is 314 g/mol. The Morgan fingerprint density at radius 2 is 2.28 bits per heavy atom. The molecule has 5 nitrogen and oxygen atoms in total. The number of carboxylic acid groups (broad SMARTS) is 1. The molecule has 98 valence electrons. The first kappa shape index (κ1) is 14.6. The van der Waals surface area contributed by atoms with Crippen molar-refractivity contribution < 1.29 is 14.7 Å². The number of halogens is 1. The molecule has 0 bridgehead atoms. The van der Waals surface area contributed by atoms with Crippen molar-refractivity contribution in [1.29, 1.82) is 0 Å². The fourth-order valence-electron chi connectivity index (χ4n) is 1.51. The summed E-state index contributed by atoms with van der Waals surface area (Å²) in [5, 5.41) is 11.6. The van der Waals surface area contributed by atoms with Crippen LogP contribution in [0.1, 0.15) is 30.3 Å². The summed E-state index contributed by atoms with van der Waals surface area (Å²) >= 11 is 3.22. The average molecular weight is 315 g/mol. The number of aliphatic carboxylic acids is 1. The van der Waals surface area contributed by atoms with Crippen molar-refractivity contribution in [2.45, 2.75) is 19.8 Å². The van der Waals surface area contributed by atoms with Crippen LogP contribution in [0.5, 0.6) is 0 Å². The van der Waals surface area contributed by atoms with Crippen LogP contribution in [0, 0.1) is 5.92 Å². The van der Waals surface area contributed by atoms with Crippen LogP contribution in [0.3, 0.4) is 0 Å². The molecule has 1 aromatic rings. The maximum absolute atomic E-state index is 11.8. The molecule has 0 aliphatic heterocycles. The van der Waals surface area contributed by atoms with E-state index in [0.29, 0.717) is 10.9 Å². The maximum atomic E-state index is 11.8. The molecule has 0 aliphatic rings. The van der Waals surface area contributed by atoms with Gasteiger partial charge in [-0.1, -0.05) is 13.3 Å². The maximum Gasteiger partial charge on any atom is 0.308 e. The topological polar surface area (TPSA) is 79.3 Å². The van der Waals surface area contributed by atoms with Crippen molar-refractivity contribution >= 4 is 27.8 Å². The van der Waals surface area contributed by atoms with Crippen LogP contribution in [-0.4, -0.2) is 28.5 Å². The Morgan fingerprint density at radius 3 is 2.83 bits per heavy atom. The second-order valence-corrected chi connectivity index (χ2v) is 4.72. The summed E-state index contributed by atoms with van der Waals surface area (Å²) in [5.41, 5.74) is 0.262. The zero-order valence-corrected chi connectivity index (χ0v) is 11.6. The third-order valence-corrected chi connectivity index (χ3v) is 3.11. The number of carboxylic acids is 1. The third-order valence-electron chi connectivity index (χ3n) is 2.47. The molecule has 1 unspecified atom stereocenters. The number of carbonyl (C=O) groups excluding carboxylic acids is 1. The summed E-state index contributed by atoms with van der Waals surface area (Å²) < 4.78 is 0.588. The van der Waals surface area contributed by atoms with Crippen molar-refractivity contribution in [3.63, 3.8) is 0 Å². The van der Waals surface area contributed by atoms with E-state index in [4.69, 9.17) is 5.11 Å². The Hall–Kier alpha value is -1.43. The predicted octanol–water partition coefficient (Wildman–Crippen LogP) is 2.07. The zero-order valence-electron chi connectivity index (χ0n) is 10.0. The molecule has 1 atom stereocenters. The lowest BCUT2D eigenvalue weighted by atomic mass is 10.0. The van der Waals surface area contributed by atoms with Gasteiger partial charge in [0.25, 0.3) is 5.91 Å². The summed E-state index contributed by atoms with van der Waals surface area (Å²) in [4.78, 5) is 26.7. The summed E-state index contributed by atoms with van der Waals surface area (Å²) in [5.74, 6) is -1.82. The Morgan fingerprint density at radius 1 is 1.56 bits per heavy atom. The molecule has 1 amide bonds. The molecule has 18 heavy (non-hydrogen) atoms. The molecule has 0 aromatic carbocycles. The first-order valence-electron chi connectivity index (χ1n) is 5.67. The number of amides is 1. The molecule has 1 aromatic heterocycles. The van der Waals surface area contributed by atoms with Crippen molar-refractivity contribution in [1.82, 2.24) is 10.3 Å². The number of aromatic nitrogens is 1. The average Bonchev–Trinajstić information content (AvgIpc) is 2.34. The molecule has 6 heteroatoms. The highest BCUT2D eigenvalue weighted by atomic mass is 79.9. The van der Waals surface area contributed by atoms with Gasteiger partial charge in [-0.2, -0.15) is 0 Å². The number of hydrogen-bond acceptors (Lipinski definition) is 3. The molecule has 1 heterocycles. The van der Waals surface area contributed by atoms with E-state index in [2.05, 4.69) is 26.2 Å². The lowest BCUT2D eigenvalue weighted by Crippen LogP contribution is -2.33. The Labute approximate surface area is 114 Å². The Balaban J connectivity index is 2.60. The van der Waals surface area contributed by atoms with E-state index in [-0.39, 0.29) is 18.1 Å². The largest absolute Gasteiger partial charge is 0.481 e. The number of nitrogens with zero attached hydrogens (tertiary/aromatic N) is 1. The number of rotatable bonds is 6. The van der Waals surface area contributed by atoms with Gasteiger partial charge in [-0.15, -0.1) is 0 Å². The van der Waals surface area contributed by atoms with Crippen molar-refractivity contribution in [3.8, 4) is 0 Å². The van der Waals surface area contributed by atoms with Crippen LogP contribution in [0.15, 0.2) is 22.8 Å². The smallest absolute Gasteiger partial charge is 0.308 e. The standard InChI is InChI=1S/C12H15BrN2O3/c1-2-4-8(12(17)18)7-15-11(16)10-9(13)5-3-6-14-10/h3,5-6,8H,2,4,7H2,1H3,(H,15,16)(H,17,18). The van der Waals surface area contributed by atoms with Gasteiger partial charge >= 0.3 is 5.97 Å². The molecular weight excluding hydrogens is 300 g/mol. The van der Waals surface area contributed by atoms with Crippen LogP contribution in [-0.2, 0) is 4.79 Å². The Kier molecular flexibility index (Phi) is 5.77. The van der Waals surface area contributed by atoms with E-state index in [1.54, 1.807) is 12.1 Å². The minimum Gasteiger partial charge on any atom is -0.481 e. The summed E-state index contributed by atoms with van der Waals surface area (Å²) in [6.45, 7) is 2.03. The fourth-order valence-corrected chi connectivity index (χ4v) is 1.95. The van der Waals surface area contributed by atoms with Gasteiger partial charge < -0.3 is 10.4 Å². The molecule has 0 fully saturated rings. The third kappa shape index (κ3) is 4.10. The molecule has 0 saturated heterocycles. The van der Waals surface area contributed by atoms with Gasteiger partial charge in [-0.3, -0.25) is 9.59 Å². The van der Waals surface area contributed by atoms with Crippen LogP contribution < -0.4 is 5.32 Å². The number of pyridine rings is 1. The fraction of sp³-hybridized carbons (Fsp3) is 0.417. The lowest BCUT2D eigenvalue weighted by molar-refractivity contribution is -0.141. The van der Waals surface area contributed by atoms with E-state index < -0.39 is 11.9 Å². The van der Waals surface area contributed by atoms with E-state index in [1.807, 2.05) is 6.92 Å². The van der Waals surface area contributed by atoms with Crippen LogP contribution in [0.25, 0.3) is 0 Å². The van der Waals surface area contributed by atoms with Crippen LogP contribution >= 0.6 is 15.9 Å². The minimum atomic E-state index is -0.891. The summed E-state index contributed by atoms with van der Waals surface area (Å²) in [6, 6.07) is 3.42. The second-order valence-electron chi connectivity index (χ2n) is 3.87. The lowest BCUT2D eigenvalue weighted by Gasteiger charge is -2.12. The van der Waals surface area contributed by atoms with Gasteiger partial charge in [0, 0.05) is 17.2 Å². The quantitative estimate of drug-likeness (QED) is 0.842. The summed E-state index contributed by atoms with van der Waals surface area (Å²) in [6.07, 6.45) is 2.82. The van der Waals surface area contributed by atoms with Gasteiger partial charge in [-0.05, 0) is 34.5 Å². The molecular formula is C12H15BrN2O3. The second kappa shape index (κ2) is 7.10. The van der Waals surface area contributed by atoms with Gasteiger partial charge in [0.2, 0.25) is 0 Å². The normalized spacial score (nSPS) is 11.9. The molecule has 1 rings (SSSR count). The number of hydrogen-bond donors (Lipinski definition) is 2. The van der Waals surface area contributed by atoms with Crippen molar-refractivity contribution in [2.75, 3.05) is 6.54 Å². The SMILES string of the molecule is CCCC(CNC(=O)c1ncccc1Br)C(=O)O. The minimum absolute atomic E-state index is 0.116. The van der Waals surface area contributed by atoms with Crippen LogP contribution in [0.2, 0.25) is 0 Å². The van der Waals surface area contributed by atoms with Crippen LogP contribution in [0.4, 0.5) is 0 Å². The highest BCUT2D eigenvalue weighted by molar-refractivity contribution is 9.10. The number of nitrogens with one attached hydrogen (secondary N) is 1. The van der Waals surface area contributed by atoms with Gasteiger partial charge in [0.05, 0.1) is 5.92 Å². The highest BCUT2D eigenvalue weighted by Gasteiger charge is 2.18. The van der Waals surface area contributed by atoms with E-state index >= 15 is 0 Å². The molecule has 0 radical (unpaired) electrons. The first-order chi connectivity index (χ1) is 8.56. The van der Waals surface area contributed by atoms with Crippen molar-refractivity contribution in [2.24, 2.45) is 5.92 Å². The molecule has 0 saturated carbocycles. The van der Waals surface area contributed by atoms with Crippen molar-refractivity contribution in [3.05, 3.63) is 28.5 Å². The molecule has 0 aliphatic carbocycles.